The molecule has 5 heteroatoms. The Kier molecular flexibility index (Phi) is 7.71. The first-order valence-corrected chi connectivity index (χ1v) is 11.2. The molecule has 0 aliphatic heterocycles. The number of rotatable bonds is 9. The number of benzene rings is 2. The van der Waals surface area contributed by atoms with E-state index in [0.29, 0.717) is 6.54 Å². The van der Waals surface area contributed by atoms with E-state index in [2.05, 4.69) is 66.1 Å². The average Bonchev–Trinajstić information content (AvgIpc) is 3.24. The fourth-order valence-electron chi connectivity index (χ4n) is 2.95. The van der Waals surface area contributed by atoms with Crippen molar-refractivity contribution in [2.24, 2.45) is 0 Å². The van der Waals surface area contributed by atoms with Crippen molar-refractivity contribution in [3.8, 4) is 0 Å². The van der Waals surface area contributed by atoms with E-state index in [1.54, 1.807) is 23.1 Å². The first-order chi connectivity index (χ1) is 13.6. The third kappa shape index (κ3) is 5.96. The summed E-state index contributed by atoms with van der Waals surface area (Å²) in [6.45, 7) is 0.616. The zero-order chi connectivity index (χ0) is 19.8. The predicted octanol–water partition coefficient (Wildman–Crippen LogP) is 4.94. The number of nitrogens with one attached hydrogen (secondary N) is 1. The van der Waals surface area contributed by atoms with E-state index in [0.717, 1.165) is 22.6 Å². The molecule has 28 heavy (non-hydrogen) atoms. The first kappa shape index (κ1) is 20.6. The second kappa shape index (κ2) is 10.5. The summed E-state index contributed by atoms with van der Waals surface area (Å²) >= 11 is 3.46. The molecule has 3 nitrogen and oxygen atoms in total. The normalized spacial score (nSPS) is 12.1. The quantitative estimate of drug-likeness (QED) is 0.507. The summed E-state index contributed by atoms with van der Waals surface area (Å²) in [7, 11) is 4.12. The van der Waals surface area contributed by atoms with Crippen molar-refractivity contribution < 1.29 is 4.79 Å². The van der Waals surface area contributed by atoms with Gasteiger partial charge < -0.3 is 10.2 Å². The van der Waals surface area contributed by atoms with Gasteiger partial charge in [0.05, 0.1) is 5.56 Å². The molecule has 0 saturated heterocycles. The molecule has 1 atom stereocenters. The molecule has 3 rings (SSSR count). The maximum atomic E-state index is 12.9. The molecule has 1 aromatic heterocycles. The Morgan fingerprint density at radius 2 is 1.79 bits per heavy atom. The van der Waals surface area contributed by atoms with Gasteiger partial charge in [0.15, 0.2) is 0 Å². The number of amides is 1. The van der Waals surface area contributed by atoms with Gasteiger partial charge in [0.1, 0.15) is 0 Å². The van der Waals surface area contributed by atoms with Gasteiger partial charge in [-0.25, -0.2) is 0 Å². The highest BCUT2D eigenvalue weighted by atomic mass is 32.2. The zero-order valence-electron chi connectivity index (χ0n) is 16.3. The third-order valence-corrected chi connectivity index (χ3v) is 6.81. The highest BCUT2D eigenvalue weighted by Gasteiger charge is 2.16. The summed E-state index contributed by atoms with van der Waals surface area (Å²) in [5.74, 6) is 0.880. The minimum atomic E-state index is -0.00538. The van der Waals surface area contributed by atoms with E-state index in [-0.39, 0.29) is 11.9 Å². The average molecular weight is 411 g/mol. The second-order valence-corrected chi connectivity index (χ2v) is 8.93. The lowest BCUT2D eigenvalue weighted by molar-refractivity contribution is 0.0939. The van der Waals surface area contributed by atoms with Gasteiger partial charge in [-0.1, -0.05) is 48.5 Å². The molecule has 1 amide bonds. The molecular weight excluding hydrogens is 384 g/mol. The molecular formula is C23H26N2OS2. The van der Waals surface area contributed by atoms with Crippen molar-refractivity contribution in [2.45, 2.75) is 23.1 Å². The standard InChI is InChI=1S/C23H26N2OS2/c1-25(2)19(15-18-9-4-3-5-10-18)16-24-23(26)21-12-6-7-13-22(21)28-17-20-11-8-14-27-20/h3-14,19H,15-17H2,1-2H3,(H,24,26). The Morgan fingerprint density at radius 3 is 2.50 bits per heavy atom. The zero-order valence-corrected chi connectivity index (χ0v) is 17.9. The number of likely N-dealkylation sites (N-methyl/N-ethyl adjacent to an activating group) is 1. The highest BCUT2D eigenvalue weighted by molar-refractivity contribution is 7.98. The molecule has 1 unspecified atom stereocenters. The SMILES string of the molecule is CN(C)C(CNC(=O)c1ccccc1SCc1cccs1)Cc1ccccc1. The van der Waals surface area contributed by atoms with Gasteiger partial charge in [-0.15, -0.1) is 23.1 Å². The van der Waals surface area contributed by atoms with E-state index in [4.69, 9.17) is 0 Å². The predicted molar refractivity (Wildman–Crippen MR) is 120 cm³/mol. The van der Waals surface area contributed by atoms with E-state index in [1.165, 1.54) is 10.4 Å². The molecule has 0 spiro atoms. The highest BCUT2D eigenvalue weighted by Crippen LogP contribution is 2.28. The number of nitrogens with zero attached hydrogens (tertiary/aromatic N) is 1. The largest absolute Gasteiger partial charge is 0.350 e. The van der Waals surface area contributed by atoms with Crippen LogP contribution in [0.25, 0.3) is 0 Å². The van der Waals surface area contributed by atoms with Gasteiger partial charge in [-0.3, -0.25) is 4.79 Å². The number of carbonyl (C=O) groups is 1. The lowest BCUT2D eigenvalue weighted by Crippen LogP contribution is -2.41. The van der Waals surface area contributed by atoms with E-state index in [9.17, 15) is 4.79 Å². The van der Waals surface area contributed by atoms with Crippen molar-refractivity contribution >= 4 is 29.0 Å². The maximum absolute atomic E-state index is 12.9. The Bertz CT molecular complexity index is 863. The minimum Gasteiger partial charge on any atom is -0.350 e. The number of thioether (sulfide) groups is 1. The number of hydrogen-bond acceptors (Lipinski definition) is 4. The van der Waals surface area contributed by atoms with Crippen molar-refractivity contribution in [3.05, 3.63) is 88.1 Å². The maximum Gasteiger partial charge on any atom is 0.252 e. The second-order valence-electron chi connectivity index (χ2n) is 6.88. The van der Waals surface area contributed by atoms with Crippen LogP contribution in [0.15, 0.2) is 77.0 Å². The Labute approximate surface area is 175 Å². The molecule has 1 N–H and O–H groups in total. The van der Waals surface area contributed by atoms with E-state index >= 15 is 0 Å². The summed E-state index contributed by atoms with van der Waals surface area (Å²) < 4.78 is 0. The van der Waals surface area contributed by atoms with Crippen LogP contribution in [0, 0.1) is 0 Å². The van der Waals surface area contributed by atoms with Crippen molar-refractivity contribution in [2.75, 3.05) is 20.6 Å². The first-order valence-electron chi connectivity index (χ1n) is 9.36. The molecule has 1 heterocycles. The molecule has 0 aliphatic rings. The summed E-state index contributed by atoms with van der Waals surface area (Å²) in [6.07, 6.45) is 0.906. The Hall–Kier alpha value is -2.08. The van der Waals surface area contributed by atoms with Crippen LogP contribution in [0.4, 0.5) is 0 Å². The lowest BCUT2D eigenvalue weighted by atomic mass is 10.0. The number of hydrogen-bond donors (Lipinski definition) is 1. The summed E-state index contributed by atoms with van der Waals surface area (Å²) in [6, 6.07) is 22.7. The van der Waals surface area contributed by atoms with Crippen molar-refractivity contribution in [1.29, 1.82) is 0 Å². The van der Waals surface area contributed by atoms with Crippen LogP contribution >= 0.6 is 23.1 Å². The Balaban J connectivity index is 1.61. The molecule has 2 aromatic carbocycles. The van der Waals surface area contributed by atoms with Crippen molar-refractivity contribution in [1.82, 2.24) is 10.2 Å². The number of thiophene rings is 1. The van der Waals surface area contributed by atoms with E-state index in [1.807, 2.05) is 30.3 Å². The molecule has 3 aromatic rings. The lowest BCUT2D eigenvalue weighted by Gasteiger charge is -2.25. The summed E-state index contributed by atoms with van der Waals surface area (Å²) in [5, 5.41) is 5.23. The Morgan fingerprint density at radius 1 is 1.04 bits per heavy atom. The fraction of sp³-hybridized carbons (Fsp3) is 0.261. The topological polar surface area (TPSA) is 32.3 Å². The van der Waals surface area contributed by atoms with Crippen LogP contribution in [-0.2, 0) is 12.2 Å². The van der Waals surface area contributed by atoms with Crippen LogP contribution in [0.2, 0.25) is 0 Å². The van der Waals surface area contributed by atoms with Gasteiger partial charge in [-0.05, 0) is 49.7 Å². The molecule has 0 aliphatic carbocycles. The van der Waals surface area contributed by atoms with Crippen LogP contribution in [0.3, 0.4) is 0 Å². The number of carbonyl (C=O) groups excluding carboxylic acids is 1. The summed E-state index contributed by atoms with van der Waals surface area (Å²) in [5.41, 5.74) is 2.03. The molecule has 0 saturated carbocycles. The van der Waals surface area contributed by atoms with Gasteiger partial charge >= 0.3 is 0 Å². The molecule has 0 fully saturated rings. The van der Waals surface area contributed by atoms with Crippen LogP contribution in [-0.4, -0.2) is 37.5 Å². The fourth-order valence-corrected chi connectivity index (χ4v) is 4.78. The van der Waals surface area contributed by atoms with Crippen LogP contribution in [0.5, 0.6) is 0 Å². The molecule has 146 valence electrons. The minimum absolute atomic E-state index is 0.00538. The third-order valence-electron chi connectivity index (χ3n) is 4.62. The molecule has 0 bridgehead atoms. The smallest absolute Gasteiger partial charge is 0.252 e. The van der Waals surface area contributed by atoms with Crippen LogP contribution in [0.1, 0.15) is 20.8 Å². The van der Waals surface area contributed by atoms with Gasteiger partial charge in [0.25, 0.3) is 5.91 Å². The van der Waals surface area contributed by atoms with Gasteiger partial charge in [0.2, 0.25) is 0 Å². The van der Waals surface area contributed by atoms with Gasteiger partial charge in [0, 0.05) is 28.1 Å². The van der Waals surface area contributed by atoms with Crippen LogP contribution < -0.4 is 5.32 Å². The summed E-state index contributed by atoms with van der Waals surface area (Å²) in [4.78, 5) is 17.4. The monoisotopic (exact) mass is 410 g/mol. The van der Waals surface area contributed by atoms with E-state index < -0.39 is 0 Å². The van der Waals surface area contributed by atoms with Gasteiger partial charge in [-0.2, -0.15) is 0 Å². The van der Waals surface area contributed by atoms with Crippen molar-refractivity contribution in [3.63, 3.8) is 0 Å². The molecule has 0 radical (unpaired) electrons.